The topological polar surface area (TPSA) is 132 Å². The second kappa shape index (κ2) is 12.7. The Labute approximate surface area is 164 Å². The van der Waals surface area contributed by atoms with Gasteiger partial charge in [-0.15, -0.1) is 11.8 Å². The van der Waals surface area contributed by atoms with Gasteiger partial charge in [-0.3, -0.25) is 18.8 Å². The Kier molecular flexibility index (Phi) is 11.0. The number of thioether (sulfide) groups is 1. The molecule has 0 aliphatic rings. The van der Waals surface area contributed by atoms with Crippen molar-refractivity contribution >= 4 is 34.5 Å². The van der Waals surface area contributed by atoms with E-state index in [2.05, 4.69) is 22.2 Å². The molecule has 4 N–H and O–H groups in total. The Balaban J connectivity index is 2.52. The van der Waals surface area contributed by atoms with Crippen LogP contribution in [0.4, 0.5) is 0 Å². The van der Waals surface area contributed by atoms with Gasteiger partial charge in [0.05, 0.1) is 23.3 Å². The number of amides is 1. The van der Waals surface area contributed by atoms with Gasteiger partial charge in [-0.05, 0) is 25.2 Å². The maximum Gasteiger partial charge on any atom is 0.325 e. The lowest BCUT2D eigenvalue weighted by Crippen LogP contribution is -2.40. The zero-order valence-electron chi connectivity index (χ0n) is 15.6. The number of H-pyrrole nitrogens is 2. The molecule has 0 fully saturated rings. The summed E-state index contributed by atoms with van der Waals surface area (Å²) in [6.45, 7) is 3.34. The number of aliphatic hydroxyl groups excluding tert-OH is 1. The molecule has 8 nitrogen and oxygen atoms in total. The third-order valence-electron chi connectivity index (χ3n) is 3.64. The molecular weight excluding hydrogens is 390 g/mol. The molecule has 2 unspecified atom stereocenters. The maximum absolute atomic E-state index is 12.1. The van der Waals surface area contributed by atoms with Crippen molar-refractivity contribution in [1.82, 2.24) is 15.3 Å². The van der Waals surface area contributed by atoms with Crippen LogP contribution in [0.2, 0.25) is 0 Å². The fourth-order valence-corrected chi connectivity index (χ4v) is 4.88. The van der Waals surface area contributed by atoms with Crippen LogP contribution in [0.3, 0.4) is 0 Å². The molecule has 152 valence electrons. The van der Waals surface area contributed by atoms with Crippen molar-refractivity contribution < 1.29 is 14.1 Å². The number of carbonyl (C=O) groups excluding carboxylic acids is 1. The van der Waals surface area contributed by atoms with Crippen LogP contribution in [0.1, 0.15) is 37.4 Å². The molecule has 2 atom stereocenters. The zero-order chi connectivity index (χ0) is 20.2. The van der Waals surface area contributed by atoms with Crippen LogP contribution in [0.15, 0.2) is 15.7 Å². The van der Waals surface area contributed by atoms with Crippen LogP contribution in [0.25, 0.3) is 6.08 Å². The molecule has 10 heteroatoms. The van der Waals surface area contributed by atoms with Gasteiger partial charge >= 0.3 is 5.69 Å². The fourth-order valence-electron chi connectivity index (χ4n) is 2.24. The molecule has 1 aromatic rings. The van der Waals surface area contributed by atoms with E-state index in [-0.39, 0.29) is 17.9 Å². The van der Waals surface area contributed by atoms with E-state index in [4.69, 9.17) is 0 Å². The van der Waals surface area contributed by atoms with Crippen LogP contribution in [-0.4, -0.2) is 54.4 Å². The van der Waals surface area contributed by atoms with Crippen molar-refractivity contribution in [1.29, 1.82) is 0 Å². The Morgan fingerprint density at radius 2 is 2.07 bits per heavy atom. The minimum absolute atomic E-state index is 0.162. The summed E-state index contributed by atoms with van der Waals surface area (Å²) in [7, 11) is -1.15. The summed E-state index contributed by atoms with van der Waals surface area (Å²) in [5.74, 6) is 0.590. The average molecular weight is 418 g/mol. The minimum Gasteiger partial charge on any atom is -0.394 e. The summed E-state index contributed by atoms with van der Waals surface area (Å²) >= 11 is 1.61. The van der Waals surface area contributed by atoms with Crippen LogP contribution < -0.4 is 16.6 Å². The number of aliphatic hydroxyl groups is 1. The van der Waals surface area contributed by atoms with Crippen molar-refractivity contribution in [2.24, 2.45) is 0 Å². The molecule has 0 spiro atoms. The molecule has 0 aliphatic carbocycles. The molecule has 1 aromatic heterocycles. The second-order valence-electron chi connectivity index (χ2n) is 6.01. The minimum atomic E-state index is -1.15. The van der Waals surface area contributed by atoms with Crippen LogP contribution >= 0.6 is 11.8 Å². The van der Waals surface area contributed by atoms with Crippen molar-refractivity contribution in [3.63, 3.8) is 0 Å². The number of aromatic nitrogens is 2. The zero-order valence-corrected chi connectivity index (χ0v) is 17.2. The van der Waals surface area contributed by atoms with Gasteiger partial charge in [0, 0.05) is 28.3 Å². The SMILES string of the molecule is CCCCCSCS(=O)CC(CO)NC(=O)/C=C/c1c(C)[nH]c(=O)[nH]c1=O. The molecule has 1 amide bonds. The molecule has 1 heterocycles. The first-order chi connectivity index (χ1) is 12.9. The van der Waals surface area contributed by atoms with Crippen LogP contribution in [-0.2, 0) is 15.6 Å². The van der Waals surface area contributed by atoms with E-state index in [0.717, 1.165) is 31.1 Å². The lowest BCUT2D eigenvalue weighted by atomic mass is 10.2. The standard InChI is InChI=1S/C17H27N3O5S2/c1-3-4-5-8-26-11-27(25)10-13(9-21)19-15(22)7-6-14-12(2)18-17(24)20-16(14)23/h6-7,13,21H,3-5,8-11H2,1-2H3,(H,19,22)(H2,18,20,23,24)/b7-6+. The van der Waals surface area contributed by atoms with Crippen molar-refractivity contribution in [3.8, 4) is 0 Å². The highest BCUT2D eigenvalue weighted by molar-refractivity contribution is 8.10. The van der Waals surface area contributed by atoms with Gasteiger partial charge in [-0.25, -0.2) is 4.79 Å². The van der Waals surface area contributed by atoms with Crippen molar-refractivity contribution in [3.05, 3.63) is 38.2 Å². The highest BCUT2D eigenvalue weighted by Gasteiger charge is 2.14. The smallest absolute Gasteiger partial charge is 0.325 e. The van der Waals surface area contributed by atoms with E-state index < -0.39 is 34.0 Å². The lowest BCUT2D eigenvalue weighted by Gasteiger charge is -2.14. The van der Waals surface area contributed by atoms with Gasteiger partial charge in [0.2, 0.25) is 5.91 Å². The maximum atomic E-state index is 12.1. The molecule has 0 aliphatic heterocycles. The quantitative estimate of drug-likeness (QED) is 0.289. The van der Waals surface area contributed by atoms with Crippen molar-refractivity contribution in [2.75, 3.05) is 23.2 Å². The summed E-state index contributed by atoms with van der Waals surface area (Å²) in [4.78, 5) is 39.4. The largest absolute Gasteiger partial charge is 0.394 e. The predicted molar refractivity (Wildman–Crippen MR) is 110 cm³/mol. The van der Waals surface area contributed by atoms with Crippen molar-refractivity contribution in [2.45, 2.75) is 39.2 Å². The number of carbonyl (C=O) groups is 1. The number of aryl methyl sites for hydroxylation is 1. The molecule has 0 radical (unpaired) electrons. The number of nitrogens with one attached hydrogen (secondary N) is 3. The third kappa shape index (κ3) is 9.21. The Morgan fingerprint density at radius 1 is 1.33 bits per heavy atom. The highest BCUT2D eigenvalue weighted by atomic mass is 32.2. The third-order valence-corrected chi connectivity index (χ3v) is 6.71. The fraction of sp³-hybridized carbons (Fsp3) is 0.588. The highest BCUT2D eigenvalue weighted by Crippen LogP contribution is 2.08. The van der Waals surface area contributed by atoms with E-state index in [1.54, 1.807) is 18.7 Å². The van der Waals surface area contributed by atoms with Gasteiger partial charge < -0.3 is 15.4 Å². The van der Waals surface area contributed by atoms with E-state index in [0.29, 0.717) is 10.8 Å². The average Bonchev–Trinajstić information content (AvgIpc) is 2.60. The summed E-state index contributed by atoms with van der Waals surface area (Å²) in [5.41, 5.74) is -0.709. The van der Waals surface area contributed by atoms with Gasteiger partial charge in [0.25, 0.3) is 5.56 Å². The first kappa shape index (κ1) is 23.4. The molecule has 0 aromatic carbocycles. The van der Waals surface area contributed by atoms with Crippen LogP contribution in [0.5, 0.6) is 0 Å². The van der Waals surface area contributed by atoms with Crippen LogP contribution in [0, 0.1) is 6.92 Å². The Bertz CT molecular complexity index is 773. The Hall–Kier alpha value is -1.65. The molecule has 1 rings (SSSR count). The molecular formula is C17H27N3O5S2. The number of unbranched alkanes of at least 4 members (excludes halogenated alkanes) is 2. The number of aromatic amines is 2. The van der Waals surface area contributed by atoms with E-state index in [1.165, 1.54) is 6.08 Å². The molecule has 0 saturated heterocycles. The van der Waals surface area contributed by atoms with E-state index in [9.17, 15) is 23.7 Å². The number of rotatable bonds is 12. The summed E-state index contributed by atoms with van der Waals surface area (Å²) in [6, 6.07) is -0.630. The molecule has 0 bridgehead atoms. The molecule has 0 saturated carbocycles. The second-order valence-corrected chi connectivity index (χ2v) is 8.98. The number of hydrogen-bond acceptors (Lipinski definition) is 6. The number of hydrogen-bond donors (Lipinski definition) is 4. The van der Waals surface area contributed by atoms with Gasteiger partial charge in [-0.1, -0.05) is 19.8 Å². The van der Waals surface area contributed by atoms with Gasteiger partial charge in [-0.2, -0.15) is 0 Å². The summed E-state index contributed by atoms with van der Waals surface area (Å²) in [6.07, 6.45) is 5.81. The Morgan fingerprint density at radius 3 is 2.70 bits per heavy atom. The molecule has 27 heavy (non-hydrogen) atoms. The first-order valence-electron chi connectivity index (χ1n) is 8.72. The van der Waals surface area contributed by atoms with Gasteiger partial charge in [0.15, 0.2) is 0 Å². The summed E-state index contributed by atoms with van der Waals surface area (Å²) in [5, 5.41) is 12.4. The lowest BCUT2D eigenvalue weighted by molar-refractivity contribution is -0.117. The van der Waals surface area contributed by atoms with E-state index in [1.807, 2.05) is 0 Å². The summed E-state index contributed by atoms with van der Waals surface area (Å²) < 4.78 is 12.1. The predicted octanol–water partition coefficient (Wildman–Crippen LogP) is 0.492. The normalized spacial score (nSPS) is 13.6. The first-order valence-corrected chi connectivity index (χ1v) is 11.4. The van der Waals surface area contributed by atoms with Gasteiger partial charge in [0.1, 0.15) is 0 Å². The van der Waals surface area contributed by atoms with E-state index >= 15 is 0 Å². The monoisotopic (exact) mass is 417 g/mol.